The van der Waals surface area contributed by atoms with Crippen LogP contribution in [0.5, 0.6) is 0 Å². The highest BCUT2D eigenvalue weighted by Gasteiger charge is 2.41. The Morgan fingerprint density at radius 3 is 2.67 bits per heavy atom. The highest BCUT2D eigenvalue weighted by atomic mass is 32.2. The molecule has 104 valence electrons. The maximum Gasteiger partial charge on any atom is 0.0701 e. The van der Waals surface area contributed by atoms with E-state index in [9.17, 15) is 5.11 Å². The van der Waals surface area contributed by atoms with E-state index in [0.29, 0.717) is 0 Å². The van der Waals surface area contributed by atoms with Crippen molar-refractivity contribution in [2.24, 2.45) is 11.8 Å². The summed E-state index contributed by atoms with van der Waals surface area (Å²) in [6, 6.07) is 0. The first-order chi connectivity index (χ1) is 8.77. The molecule has 1 aliphatic carbocycles. The van der Waals surface area contributed by atoms with Crippen molar-refractivity contribution < 1.29 is 9.84 Å². The van der Waals surface area contributed by atoms with Crippen molar-refractivity contribution in [1.29, 1.82) is 0 Å². The predicted molar refractivity (Wildman–Crippen MR) is 75.9 cm³/mol. The SMILES string of the molecule is OC1CCCC(C2CCOC3(CCSCC3)C2)C1. The maximum atomic E-state index is 9.88. The van der Waals surface area contributed by atoms with E-state index in [4.69, 9.17) is 4.74 Å². The molecule has 0 aromatic rings. The fourth-order valence-electron chi connectivity index (χ4n) is 4.19. The number of thioether (sulfide) groups is 1. The number of aliphatic hydroxyl groups excluding tert-OH is 1. The number of ether oxygens (including phenoxy) is 1. The van der Waals surface area contributed by atoms with Crippen molar-refractivity contribution in [2.45, 2.75) is 63.1 Å². The average Bonchev–Trinajstić information content (AvgIpc) is 2.40. The van der Waals surface area contributed by atoms with Crippen molar-refractivity contribution in [3.8, 4) is 0 Å². The van der Waals surface area contributed by atoms with Crippen molar-refractivity contribution >= 4 is 11.8 Å². The quantitative estimate of drug-likeness (QED) is 0.793. The van der Waals surface area contributed by atoms with E-state index in [1.807, 2.05) is 0 Å². The minimum Gasteiger partial charge on any atom is -0.393 e. The Kier molecular flexibility index (Phi) is 4.21. The first kappa shape index (κ1) is 13.3. The van der Waals surface area contributed by atoms with Crippen LogP contribution in [-0.4, -0.2) is 34.9 Å². The van der Waals surface area contributed by atoms with Gasteiger partial charge in [0.05, 0.1) is 11.7 Å². The first-order valence-electron chi connectivity index (χ1n) is 7.67. The van der Waals surface area contributed by atoms with Crippen LogP contribution < -0.4 is 0 Å². The number of aliphatic hydroxyl groups is 1. The summed E-state index contributed by atoms with van der Waals surface area (Å²) in [5.41, 5.74) is 0.219. The Labute approximate surface area is 115 Å². The predicted octanol–water partition coefficient (Wildman–Crippen LogP) is 3.23. The molecule has 1 spiro atoms. The molecule has 3 fully saturated rings. The van der Waals surface area contributed by atoms with Crippen LogP contribution in [0.3, 0.4) is 0 Å². The second kappa shape index (κ2) is 5.72. The van der Waals surface area contributed by atoms with E-state index in [1.54, 1.807) is 0 Å². The van der Waals surface area contributed by atoms with E-state index in [2.05, 4.69) is 11.8 Å². The van der Waals surface area contributed by atoms with Crippen molar-refractivity contribution in [1.82, 2.24) is 0 Å². The van der Waals surface area contributed by atoms with E-state index in [-0.39, 0.29) is 11.7 Å². The average molecular weight is 270 g/mol. The van der Waals surface area contributed by atoms with Crippen molar-refractivity contribution in [3.05, 3.63) is 0 Å². The second-order valence-corrected chi connectivity index (χ2v) is 7.70. The molecule has 0 radical (unpaired) electrons. The molecule has 0 bridgehead atoms. The first-order valence-corrected chi connectivity index (χ1v) is 8.83. The van der Waals surface area contributed by atoms with Crippen LogP contribution in [0.2, 0.25) is 0 Å². The lowest BCUT2D eigenvalue weighted by Crippen LogP contribution is -2.45. The second-order valence-electron chi connectivity index (χ2n) is 6.48. The van der Waals surface area contributed by atoms with Crippen LogP contribution in [-0.2, 0) is 4.74 Å². The fraction of sp³-hybridized carbons (Fsp3) is 1.00. The van der Waals surface area contributed by atoms with Crippen LogP contribution in [0.1, 0.15) is 51.4 Å². The summed E-state index contributed by atoms with van der Waals surface area (Å²) in [7, 11) is 0. The van der Waals surface area contributed by atoms with Crippen molar-refractivity contribution in [2.75, 3.05) is 18.1 Å². The van der Waals surface area contributed by atoms with E-state index < -0.39 is 0 Å². The van der Waals surface area contributed by atoms with Gasteiger partial charge in [-0.1, -0.05) is 6.42 Å². The third-order valence-corrected chi connectivity index (χ3v) is 6.27. The summed E-state index contributed by atoms with van der Waals surface area (Å²) >= 11 is 2.08. The summed E-state index contributed by atoms with van der Waals surface area (Å²) < 4.78 is 6.18. The molecule has 1 N–H and O–H groups in total. The number of hydrogen-bond donors (Lipinski definition) is 1. The highest BCUT2D eigenvalue weighted by Crippen LogP contribution is 2.44. The Morgan fingerprint density at radius 1 is 1.06 bits per heavy atom. The Morgan fingerprint density at radius 2 is 1.89 bits per heavy atom. The molecular weight excluding hydrogens is 244 g/mol. The monoisotopic (exact) mass is 270 g/mol. The summed E-state index contributed by atoms with van der Waals surface area (Å²) in [4.78, 5) is 0. The van der Waals surface area contributed by atoms with E-state index in [1.165, 1.54) is 50.0 Å². The molecule has 18 heavy (non-hydrogen) atoms. The van der Waals surface area contributed by atoms with Crippen molar-refractivity contribution in [3.63, 3.8) is 0 Å². The summed E-state index contributed by atoms with van der Waals surface area (Å²) in [6.07, 6.45) is 9.63. The molecule has 2 aliphatic heterocycles. The van der Waals surface area contributed by atoms with E-state index in [0.717, 1.165) is 31.3 Å². The van der Waals surface area contributed by atoms with Gasteiger partial charge in [0, 0.05) is 6.61 Å². The third kappa shape index (κ3) is 2.88. The molecule has 0 aromatic heterocycles. The zero-order valence-electron chi connectivity index (χ0n) is 11.3. The molecule has 2 heterocycles. The highest BCUT2D eigenvalue weighted by molar-refractivity contribution is 7.99. The topological polar surface area (TPSA) is 29.5 Å². The largest absolute Gasteiger partial charge is 0.393 e. The van der Waals surface area contributed by atoms with Gasteiger partial charge in [0.2, 0.25) is 0 Å². The van der Waals surface area contributed by atoms with Crippen LogP contribution in [0.15, 0.2) is 0 Å². The fourth-order valence-corrected chi connectivity index (χ4v) is 5.43. The summed E-state index contributed by atoms with van der Waals surface area (Å²) in [5.74, 6) is 4.14. The minimum atomic E-state index is -0.0237. The molecule has 3 unspecified atom stereocenters. The smallest absolute Gasteiger partial charge is 0.0701 e. The van der Waals surface area contributed by atoms with Crippen LogP contribution in [0.25, 0.3) is 0 Å². The van der Waals surface area contributed by atoms with Gasteiger partial charge in [-0.3, -0.25) is 0 Å². The molecule has 0 amide bonds. The Balaban J connectivity index is 1.62. The molecule has 3 atom stereocenters. The molecule has 1 saturated carbocycles. The van der Waals surface area contributed by atoms with Gasteiger partial charge in [-0.2, -0.15) is 11.8 Å². The van der Waals surface area contributed by atoms with Crippen LogP contribution in [0, 0.1) is 11.8 Å². The van der Waals surface area contributed by atoms with E-state index >= 15 is 0 Å². The third-order valence-electron chi connectivity index (χ3n) is 5.29. The maximum absolute atomic E-state index is 9.88. The van der Waals surface area contributed by atoms with Gasteiger partial charge in [0.25, 0.3) is 0 Å². The molecule has 2 saturated heterocycles. The molecular formula is C15H26O2S. The molecule has 3 rings (SSSR count). The minimum absolute atomic E-state index is 0.0237. The zero-order chi connectivity index (χ0) is 12.4. The Hall–Kier alpha value is 0.270. The molecule has 2 nitrogen and oxygen atoms in total. The van der Waals surface area contributed by atoms with Gasteiger partial charge >= 0.3 is 0 Å². The zero-order valence-corrected chi connectivity index (χ0v) is 12.1. The van der Waals surface area contributed by atoms with Gasteiger partial charge in [-0.05, 0) is 68.3 Å². The van der Waals surface area contributed by atoms with Gasteiger partial charge in [-0.25, -0.2) is 0 Å². The van der Waals surface area contributed by atoms with Crippen LogP contribution in [0.4, 0.5) is 0 Å². The Bertz CT molecular complexity index is 270. The molecule has 3 aliphatic rings. The lowest BCUT2D eigenvalue weighted by Gasteiger charge is -2.46. The standard InChI is InChI=1S/C15H26O2S/c16-14-3-1-2-12(10-14)13-4-7-17-15(11-13)5-8-18-9-6-15/h12-14,16H,1-11H2. The van der Waals surface area contributed by atoms with Gasteiger partial charge in [-0.15, -0.1) is 0 Å². The number of hydrogen-bond acceptors (Lipinski definition) is 3. The summed E-state index contributed by atoms with van der Waals surface area (Å²) in [6.45, 7) is 0.960. The van der Waals surface area contributed by atoms with Crippen LogP contribution >= 0.6 is 11.8 Å². The molecule has 3 heteroatoms. The normalized spacial score (nSPS) is 40.8. The summed E-state index contributed by atoms with van der Waals surface area (Å²) in [5, 5.41) is 9.88. The van der Waals surface area contributed by atoms with Gasteiger partial charge < -0.3 is 9.84 Å². The molecule has 0 aromatic carbocycles. The van der Waals surface area contributed by atoms with Gasteiger partial charge in [0.15, 0.2) is 0 Å². The number of rotatable bonds is 1. The lowest BCUT2D eigenvalue weighted by atomic mass is 9.71. The lowest BCUT2D eigenvalue weighted by molar-refractivity contribution is -0.115. The van der Waals surface area contributed by atoms with Gasteiger partial charge in [0.1, 0.15) is 0 Å².